The second-order valence-corrected chi connectivity index (χ2v) is 5.23. The van der Waals surface area contributed by atoms with Gasteiger partial charge in [-0.2, -0.15) is 5.10 Å². The minimum atomic E-state index is -0.0984. The molecule has 1 aromatic heterocycles. The van der Waals surface area contributed by atoms with Crippen molar-refractivity contribution in [2.45, 2.75) is 25.8 Å². The van der Waals surface area contributed by atoms with Gasteiger partial charge in [0.15, 0.2) is 0 Å². The Morgan fingerprint density at radius 2 is 2.14 bits per heavy atom. The number of hydrogen-bond donors (Lipinski definition) is 2. The third-order valence-corrected chi connectivity index (χ3v) is 4.05. The number of benzene rings is 1. The number of para-hydroxylation sites is 1. The summed E-state index contributed by atoms with van der Waals surface area (Å²) < 4.78 is 7.22. The lowest BCUT2D eigenvalue weighted by Gasteiger charge is -2.19. The summed E-state index contributed by atoms with van der Waals surface area (Å²) in [6.45, 7) is 2.04. The molecule has 0 amide bonds. The first kappa shape index (κ1) is 15.8. The molecule has 1 unspecified atom stereocenters. The number of nitrogens with two attached hydrogens (primary N) is 1. The summed E-state index contributed by atoms with van der Waals surface area (Å²) in [6, 6.07) is 7.71. The highest BCUT2D eigenvalue weighted by Gasteiger charge is 2.20. The second-order valence-electron chi connectivity index (χ2n) is 4.85. The van der Waals surface area contributed by atoms with Gasteiger partial charge < -0.3 is 4.74 Å². The number of nitrogens with one attached hydrogen (secondary N) is 1. The Kier molecular flexibility index (Phi) is 5.22. The fourth-order valence-electron chi connectivity index (χ4n) is 2.45. The van der Waals surface area contributed by atoms with E-state index in [1.165, 1.54) is 0 Å². The van der Waals surface area contributed by atoms with Gasteiger partial charge in [-0.1, -0.05) is 36.7 Å². The van der Waals surface area contributed by atoms with Crippen LogP contribution in [0, 0.1) is 0 Å². The van der Waals surface area contributed by atoms with Gasteiger partial charge in [0.25, 0.3) is 0 Å². The van der Waals surface area contributed by atoms with Gasteiger partial charge in [-0.05, 0) is 12.5 Å². The molecule has 5 nitrogen and oxygen atoms in total. The molecule has 1 heterocycles. The molecule has 21 heavy (non-hydrogen) atoms. The highest BCUT2D eigenvalue weighted by molar-refractivity contribution is 6.31. The van der Waals surface area contributed by atoms with Crippen LogP contribution in [0.2, 0.25) is 5.02 Å². The van der Waals surface area contributed by atoms with Crippen molar-refractivity contribution in [2.24, 2.45) is 12.9 Å². The maximum absolute atomic E-state index is 6.41. The van der Waals surface area contributed by atoms with Crippen molar-refractivity contribution in [3.05, 3.63) is 46.2 Å². The first-order valence-electron chi connectivity index (χ1n) is 6.91. The zero-order valence-corrected chi connectivity index (χ0v) is 13.3. The third kappa shape index (κ3) is 3.20. The summed E-state index contributed by atoms with van der Waals surface area (Å²) in [4.78, 5) is 0. The highest BCUT2D eigenvalue weighted by Crippen LogP contribution is 2.30. The van der Waals surface area contributed by atoms with Gasteiger partial charge in [0.1, 0.15) is 5.75 Å². The quantitative estimate of drug-likeness (QED) is 0.635. The summed E-state index contributed by atoms with van der Waals surface area (Å²) in [5, 5.41) is 5.15. The Morgan fingerprint density at radius 1 is 1.43 bits per heavy atom. The van der Waals surface area contributed by atoms with Gasteiger partial charge in [-0.25, -0.2) is 0 Å². The number of halogens is 1. The van der Waals surface area contributed by atoms with Crippen molar-refractivity contribution in [3.8, 4) is 5.75 Å². The van der Waals surface area contributed by atoms with Gasteiger partial charge in [0, 0.05) is 19.0 Å². The maximum atomic E-state index is 6.41. The van der Waals surface area contributed by atoms with E-state index in [9.17, 15) is 0 Å². The molecular formula is C15H21ClN4O. The van der Waals surface area contributed by atoms with Crippen LogP contribution >= 0.6 is 11.6 Å². The van der Waals surface area contributed by atoms with Crippen LogP contribution in [0.1, 0.15) is 29.9 Å². The Hall–Kier alpha value is -1.56. The molecule has 1 aromatic carbocycles. The SMILES string of the molecule is CCc1nn(C)c(CC(NN)c2ccccc2OC)c1Cl. The van der Waals surface area contributed by atoms with Crippen LogP contribution < -0.4 is 16.0 Å². The molecule has 0 aliphatic rings. The van der Waals surface area contributed by atoms with Crippen LogP contribution in [-0.2, 0) is 19.9 Å². The van der Waals surface area contributed by atoms with Crippen LogP contribution in [0.3, 0.4) is 0 Å². The number of aryl methyl sites for hydroxylation is 2. The lowest BCUT2D eigenvalue weighted by molar-refractivity contribution is 0.398. The highest BCUT2D eigenvalue weighted by atomic mass is 35.5. The molecule has 114 valence electrons. The molecule has 2 rings (SSSR count). The summed E-state index contributed by atoms with van der Waals surface area (Å²) in [5.74, 6) is 6.54. The average molecular weight is 309 g/mol. The van der Waals surface area contributed by atoms with Gasteiger partial charge >= 0.3 is 0 Å². The molecule has 0 fully saturated rings. The molecule has 0 aliphatic carbocycles. The molecule has 1 atom stereocenters. The van der Waals surface area contributed by atoms with Crippen molar-refractivity contribution in [1.29, 1.82) is 0 Å². The number of nitrogens with zero attached hydrogens (tertiary/aromatic N) is 2. The number of hydrogen-bond acceptors (Lipinski definition) is 4. The van der Waals surface area contributed by atoms with Crippen LogP contribution in [0.5, 0.6) is 5.75 Å². The molecule has 0 aliphatic heterocycles. The lowest BCUT2D eigenvalue weighted by Crippen LogP contribution is -2.30. The van der Waals surface area contributed by atoms with Gasteiger partial charge in [-0.3, -0.25) is 16.0 Å². The Bertz CT molecular complexity index is 612. The monoisotopic (exact) mass is 308 g/mol. The largest absolute Gasteiger partial charge is 0.496 e. The topological polar surface area (TPSA) is 65.1 Å². The number of aromatic nitrogens is 2. The van der Waals surface area contributed by atoms with Crippen molar-refractivity contribution in [2.75, 3.05) is 7.11 Å². The zero-order valence-electron chi connectivity index (χ0n) is 12.6. The lowest BCUT2D eigenvalue weighted by atomic mass is 10.0. The number of methoxy groups -OCH3 is 1. The van der Waals surface area contributed by atoms with Crippen LogP contribution in [0.4, 0.5) is 0 Å². The minimum Gasteiger partial charge on any atom is -0.496 e. The van der Waals surface area contributed by atoms with E-state index < -0.39 is 0 Å². The predicted molar refractivity (Wildman–Crippen MR) is 84.4 cm³/mol. The molecule has 3 N–H and O–H groups in total. The van der Waals surface area contributed by atoms with E-state index in [0.29, 0.717) is 6.42 Å². The zero-order chi connectivity index (χ0) is 15.4. The second kappa shape index (κ2) is 6.93. The van der Waals surface area contributed by atoms with E-state index in [-0.39, 0.29) is 6.04 Å². The summed E-state index contributed by atoms with van der Waals surface area (Å²) in [5.41, 5.74) is 5.71. The normalized spacial score (nSPS) is 12.4. The third-order valence-electron chi connectivity index (χ3n) is 3.62. The number of ether oxygens (including phenoxy) is 1. The van der Waals surface area contributed by atoms with E-state index in [1.807, 2.05) is 42.9 Å². The summed E-state index contributed by atoms with van der Waals surface area (Å²) >= 11 is 6.41. The van der Waals surface area contributed by atoms with Crippen LogP contribution in [0.25, 0.3) is 0 Å². The Balaban J connectivity index is 2.34. The molecule has 0 spiro atoms. The molecule has 0 bridgehead atoms. The first-order chi connectivity index (χ1) is 10.1. The van der Waals surface area contributed by atoms with Crippen LogP contribution in [0.15, 0.2) is 24.3 Å². The van der Waals surface area contributed by atoms with Crippen molar-refractivity contribution in [1.82, 2.24) is 15.2 Å². The molecule has 6 heteroatoms. The van der Waals surface area contributed by atoms with Crippen molar-refractivity contribution >= 4 is 11.6 Å². The fraction of sp³-hybridized carbons (Fsp3) is 0.400. The number of hydrazine groups is 1. The Morgan fingerprint density at radius 3 is 2.71 bits per heavy atom. The maximum Gasteiger partial charge on any atom is 0.123 e. The standard InChI is InChI=1S/C15H21ClN4O/c1-4-11-15(16)13(20(2)19-11)9-12(18-17)10-7-5-6-8-14(10)21-3/h5-8,12,18H,4,9,17H2,1-3H3. The van der Waals surface area contributed by atoms with Gasteiger partial charge in [0.05, 0.1) is 29.6 Å². The van der Waals surface area contributed by atoms with Crippen molar-refractivity contribution in [3.63, 3.8) is 0 Å². The van der Waals surface area contributed by atoms with E-state index in [2.05, 4.69) is 10.5 Å². The predicted octanol–water partition coefficient (Wildman–Crippen LogP) is 2.39. The summed E-state index contributed by atoms with van der Waals surface area (Å²) in [7, 11) is 3.55. The van der Waals surface area contributed by atoms with Crippen LogP contribution in [-0.4, -0.2) is 16.9 Å². The van der Waals surface area contributed by atoms with E-state index >= 15 is 0 Å². The molecule has 0 radical (unpaired) electrons. The average Bonchev–Trinajstić information content (AvgIpc) is 2.79. The molecule has 0 saturated carbocycles. The van der Waals surface area contributed by atoms with Crippen molar-refractivity contribution < 1.29 is 4.74 Å². The molecule has 0 saturated heterocycles. The molecular weight excluding hydrogens is 288 g/mol. The number of rotatable bonds is 6. The summed E-state index contributed by atoms with van der Waals surface area (Å²) in [6.07, 6.45) is 1.45. The molecule has 2 aromatic rings. The first-order valence-corrected chi connectivity index (χ1v) is 7.29. The van der Waals surface area contributed by atoms with E-state index in [4.69, 9.17) is 22.2 Å². The van der Waals surface area contributed by atoms with E-state index in [0.717, 1.165) is 34.1 Å². The fourth-order valence-corrected chi connectivity index (χ4v) is 2.82. The van der Waals surface area contributed by atoms with Gasteiger partial charge in [0.2, 0.25) is 0 Å². The van der Waals surface area contributed by atoms with Gasteiger partial charge in [-0.15, -0.1) is 0 Å². The Labute approximate surface area is 130 Å². The minimum absolute atomic E-state index is 0.0984. The smallest absolute Gasteiger partial charge is 0.123 e. The van der Waals surface area contributed by atoms with E-state index in [1.54, 1.807) is 7.11 Å².